The van der Waals surface area contributed by atoms with Crippen LogP contribution in [0, 0.1) is 0 Å². The van der Waals surface area contributed by atoms with Gasteiger partial charge < -0.3 is 14.3 Å². The third-order valence-corrected chi connectivity index (χ3v) is 5.11. The number of nitrogens with zero attached hydrogens (tertiary/aromatic N) is 3. The maximum atomic E-state index is 12.2. The number of anilines is 1. The fourth-order valence-electron chi connectivity index (χ4n) is 2.13. The average Bonchev–Trinajstić information content (AvgIpc) is 3.23. The molecule has 2 heterocycles. The number of para-hydroxylation sites is 1. The Morgan fingerprint density at radius 3 is 2.83 bits per heavy atom. The lowest BCUT2D eigenvalue weighted by Gasteiger charge is -2.08. The predicted molar refractivity (Wildman–Crippen MR) is 96.3 cm³/mol. The van der Waals surface area contributed by atoms with E-state index in [4.69, 9.17) is 4.42 Å². The van der Waals surface area contributed by atoms with Crippen LogP contribution in [-0.4, -0.2) is 32.7 Å². The van der Waals surface area contributed by atoms with Gasteiger partial charge in [0.15, 0.2) is 16.7 Å². The maximum absolute atomic E-state index is 12.2. The number of hydrogen-bond acceptors (Lipinski definition) is 6. The molecule has 0 unspecified atom stereocenters. The lowest BCUT2D eigenvalue weighted by Crippen LogP contribution is -2.15. The molecule has 0 aliphatic heterocycles. The highest BCUT2D eigenvalue weighted by Gasteiger charge is 2.15. The summed E-state index contributed by atoms with van der Waals surface area (Å²) >= 11 is 2.93. The minimum absolute atomic E-state index is 0.0796. The van der Waals surface area contributed by atoms with Gasteiger partial charge in [-0.3, -0.25) is 4.79 Å². The zero-order chi connectivity index (χ0) is 16.9. The summed E-state index contributed by atoms with van der Waals surface area (Å²) in [5, 5.41) is 11.8. The van der Waals surface area contributed by atoms with Gasteiger partial charge in [0.2, 0.25) is 5.91 Å². The van der Waals surface area contributed by atoms with Crippen molar-refractivity contribution < 1.29 is 9.21 Å². The molecule has 24 heavy (non-hydrogen) atoms. The van der Waals surface area contributed by atoms with E-state index in [0.717, 1.165) is 10.6 Å². The Hall–Kier alpha value is -2.19. The molecule has 6 nitrogen and oxygen atoms in total. The molecule has 8 heteroatoms. The molecule has 0 spiro atoms. The fourth-order valence-corrected chi connectivity index (χ4v) is 3.39. The number of thioether (sulfide) groups is 2. The van der Waals surface area contributed by atoms with Gasteiger partial charge in [0, 0.05) is 11.9 Å². The number of hydrogen-bond donors (Lipinski definition) is 1. The largest absolute Gasteiger partial charge is 0.461 e. The van der Waals surface area contributed by atoms with E-state index in [1.807, 2.05) is 48.2 Å². The van der Waals surface area contributed by atoms with Crippen LogP contribution in [0.2, 0.25) is 0 Å². The second kappa shape index (κ2) is 7.59. The van der Waals surface area contributed by atoms with Crippen molar-refractivity contribution in [1.29, 1.82) is 0 Å². The summed E-state index contributed by atoms with van der Waals surface area (Å²) in [5.74, 6) is 1.46. The second-order valence-corrected chi connectivity index (χ2v) is 6.67. The number of aromatic nitrogens is 3. The monoisotopic (exact) mass is 360 g/mol. The van der Waals surface area contributed by atoms with Crippen molar-refractivity contribution in [2.45, 2.75) is 10.1 Å². The number of amides is 1. The first-order chi connectivity index (χ1) is 11.7. The standard InChI is InChI=1S/C16H16N4O2S2/c1-20-15(12-7-5-9-22-12)18-19-16(20)24-10-14(21)17-11-6-3-4-8-13(11)23-2/h3-9H,10H2,1-2H3,(H,17,21). The molecule has 1 N–H and O–H groups in total. The average molecular weight is 360 g/mol. The number of carbonyl (C=O) groups is 1. The molecule has 3 aromatic rings. The van der Waals surface area contributed by atoms with Gasteiger partial charge in [0.25, 0.3) is 0 Å². The molecule has 0 aliphatic rings. The molecular formula is C16H16N4O2S2. The van der Waals surface area contributed by atoms with Crippen LogP contribution in [-0.2, 0) is 11.8 Å². The summed E-state index contributed by atoms with van der Waals surface area (Å²) in [6, 6.07) is 11.3. The number of carbonyl (C=O) groups excluding carboxylic acids is 1. The Labute approximate surface area is 148 Å². The first-order valence-electron chi connectivity index (χ1n) is 7.18. The Morgan fingerprint density at radius 2 is 2.08 bits per heavy atom. The molecule has 0 bridgehead atoms. The number of benzene rings is 1. The van der Waals surface area contributed by atoms with Gasteiger partial charge in [0.1, 0.15) is 0 Å². The smallest absolute Gasteiger partial charge is 0.234 e. The summed E-state index contributed by atoms with van der Waals surface area (Å²) < 4.78 is 7.14. The predicted octanol–water partition coefficient (Wildman–Crippen LogP) is 3.53. The van der Waals surface area contributed by atoms with Crippen molar-refractivity contribution in [2.24, 2.45) is 7.05 Å². The highest BCUT2D eigenvalue weighted by molar-refractivity contribution is 7.99. The van der Waals surface area contributed by atoms with Crippen LogP contribution in [0.15, 0.2) is 57.1 Å². The summed E-state index contributed by atoms with van der Waals surface area (Å²) in [7, 11) is 1.85. The van der Waals surface area contributed by atoms with E-state index in [2.05, 4.69) is 15.5 Å². The summed E-state index contributed by atoms with van der Waals surface area (Å²) in [6.45, 7) is 0. The second-order valence-electron chi connectivity index (χ2n) is 4.88. The third kappa shape index (κ3) is 3.65. The van der Waals surface area contributed by atoms with E-state index in [9.17, 15) is 4.79 Å². The lowest BCUT2D eigenvalue weighted by molar-refractivity contribution is -0.113. The van der Waals surface area contributed by atoms with Gasteiger partial charge in [-0.1, -0.05) is 23.9 Å². The highest BCUT2D eigenvalue weighted by Crippen LogP contribution is 2.26. The number of furan rings is 1. The number of nitrogens with one attached hydrogen (secondary N) is 1. The van der Waals surface area contributed by atoms with Crippen molar-refractivity contribution in [2.75, 3.05) is 17.3 Å². The first-order valence-corrected chi connectivity index (χ1v) is 9.39. The maximum Gasteiger partial charge on any atom is 0.234 e. The van der Waals surface area contributed by atoms with Crippen molar-refractivity contribution in [3.8, 4) is 11.6 Å². The molecule has 0 radical (unpaired) electrons. The molecule has 0 fully saturated rings. The summed E-state index contributed by atoms with van der Waals surface area (Å²) in [6.07, 6.45) is 3.57. The Balaban J connectivity index is 1.63. The number of rotatable bonds is 6. The van der Waals surface area contributed by atoms with Crippen molar-refractivity contribution in [1.82, 2.24) is 14.8 Å². The summed E-state index contributed by atoms with van der Waals surface area (Å²) in [5.41, 5.74) is 0.824. The Morgan fingerprint density at radius 1 is 1.25 bits per heavy atom. The van der Waals surface area contributed by atoms with Gasteiger partial charge in [-0.2, -0.15) is 0 Å². The quantitative estimate of drug-likeness (QED) is 0.678. The lowest BCUT2D eigenvalue weighted by atomic mass is 10.3. The molecule has 0 atom stereocenters. The van der Waals surface area contributed by atoms with Crippen LogP contribution in [0.4, 0.5) is 5.69 Å². The van der Waals surface area contributed by atoms with Gasteiger partial charge in [-0.15, -0.1) is 22.0 Å². The molecule has 124 valence electrons. The SMILES string of the molecule is CSc1ccccc1NC(=O)CSc1nnc(-c2ccco2)n1C. The van der Waals surface area contributed by atoms with Crippen LogP contribution < -0.4 is 5.32 Å². The van der Waals surface area contributed by atoms with Crippen LogP contribution >= 0.6 is 23.5 Å². The molecule has 0 saturated carbocycles. The summed E-state index contributed by atoms with van der Waals surface area (Å²) in [4.78, 5) is 13.2. The molecule has 1 amide bonds. The van der Waals surface area contributed by atoms with Crippen LogP contribution in [0.25, 0.3) is 11.6 Å². The van der Waals surface area contributed by atoms with E-state index >= 15 is 0 Å². The zero-order valence-electron chi connectivity index (χ0n) is 13.2. The molecule has 3 rings (SSSR count). The normalized spacial score (nSPS) is 10.8. The Bertz CT molecular complexity index is 830. The van der Waals surface area contributed by atoms with Gasteiger partial charge in [-0.25, -0.2) is 0 Å². The van der Waals surface area contributed by atoms with E-state index in [-0.39, 0.29) is 11.7 Å². The molecule has 1 aromatic carbocycles. The van der Waals surface area contributed by atoms with Crippen LogP contribution in [0.5, 0.6) is 0 Å². The topological polar surface area (TPSA) is 73.0 Å². The zero-order valence-corrected chi connectivity index (χ0v) is 14.9. The van der Waals surface area contributed by atoms with Gasteiger partial charge in [0.05, 0.1) is 17.7 Å². The molecule has 2 aromatic heterocycles. The van der Waals surface area contributed by atoms with Crippen molar-refractivity contribution in [3.63, 3.8) is 0 Å². The van der Waals surface area contributed by atoms with Gasteiger partial charge >= 0.3 is 0 Å². The molecule has 0 aliphatic carbocycles. The van der Waals surface area contributed by atoms with E-state index in [0.29, 0.717) is 16.7 Å². The minimum Gasteiger partial charge on any atom is -0.461 e. The fraction of sp³-hybridized carbons (Fsp3) is 0.188. The highest BCUT2D eigenvalue weighted by atomic mass is 32.2. The third-order valence-electron chi connectivity index (χ3n) is 3.29. The van der Waals surface area contributed by atoms with E-state index in [1.165, 1.54) is 11.8 Å². The first kappa shape index (κ1) is 16.7. The van der Waals surface area contributed by atoms with E-state index < -0.39 is 0 Å². The molecular weight excluding hydrogens is 344 g/mol. The van der Waals surface area contributed by atoms with Crippen LogP contribution in [0.1, 0.15) is 0 Å². The molecule has 0 saturated heterocycles. The minimum atomic E-state index is -0.0796. The van der Waals surface area contributed by atoms with Crippen LogP contribution in [0.3, 0.4) is 0 Å². The van der Waals surface area contributed by atoms with E-state index in [1.54, 1.807) is 24.1 Å². The Kier molecular flexibility index (Phi) is 5.27. The van der Waals surface area contributed by atoms with Crippen molar-refractivity contribution >= 4 is 35.1 Å². The van der Waals surface area contributed by atoms with Crippen molar-refractivity contribution in [3.05, 3.63) is 42.7 Å². The van der Waals surface area contributed by atoms with Gasteiger partial charge in [-0.05, 0) is 30.5 Å².